The zero-order chi connectivity index (χ0) is 27.9. The number of anilines is 2. The summed E-state index contributed by atoms with van der Waals surface area (Å²) in [5.41, 5.74) is 1.58. The Balaban J connectivity index is 1.28. The zero-order valence-corrected chi connectivity index (χ0v) is 23.0. The highest BCUT2D eigenvalue weighted by Gasteiger charge is 2.25. The molecule has 9 heteroatoms. The average Bonchev–Trinajstić information content (AvgIpc) is 2.91. The highest BCUT2D eigenvalue weighted by molar-refractivity contribution is 7.89. The third-order valence-corrected chi connectivity index (χ3v) is 8.40. The molecule has 0 saturated carbocycles. The van der Waals surface area contributed by atoms with Gasteiger partial charge in [-0.1, -0.05) is 42.5 Å². The number of carbonyl (C=O) groups excluding carboxylic acids is 2. The Labute approximate surface area is 227 Å². The minimum atomic E-state index is -4.03. The molecule has 0 saturated heterocycles. The van der Waals surface area contributed by atoms with Crippen molar-refractivity contribution in [3.63, 3.8) is 0 Å². The van der Waals surface area contributed by atoms with Gasteiger partial charge in [0.2, 0.25) is 21.8 Å². The van der Waals surface area contributed by atoms with E-state index in [-0.39, 0.29) is 4.90 Å². The predicted octanol–water partition coefficient (Wildman–Crippen LogP) is 4.46. The Kier molecular flexibility index (Phi) is 6.88. The monoisotopic (exact) mass is 542 g/mol. The Morgan fingerprint density at radius 2 is 1.26 bits per heavy atom. The van der Waals surface area contributed by atoms with Gasteiger partial charge in [-0.25, -0.2) is 8.42 Å². The second-order valence-electron chi connectivity index (χ2n) is 9.96. The van der Waals surface area contributed by atoms with E-state index in [1.54, 1.807) is 31.2 Å². The highest BCUT2D eigenvalue weighted by Crippen LogP contribution is 2.35. The Bertz CT molecular complexity index is 1740. The maximum Gasteiger partial charge on any atom is 0.246 e. The SMILES string of the molecule is C[C@H](NC(=O)[C@H](C)NS(=O)(=O)c1cc2ccc3cccc4ccc(c1)c2c34)C(=O)Nc1ccc(N(C)C)cc1. The van der Waals surface area contributed by atoms with Crippen LogP contribution in [0.15, 0.2) is 83.8 Å². The Morgan fingerprint density at radius 3 is 1.82 bits per heavy atom. The number of nitrogens with one attached hydrogen (secondary N) is 3. The largest absolute Gasteiger partial charge is 0.378 e. The molecule has 0 radical (unpaired) electrons. The lowest BCUT2D eigenvalue weighted by Gasteiger charge is -2.19. The van der Waals surface area contributed by atoms with E-state index >= 15 is 0 Å². The molecule has 5 rings (SSSR count). The standard InChI is InChI=1S/C30H30N4O4S/c1-18(29(35)32-24-12-14-25(15-13-24)34(3)4)31-30(36)19(2)33-39(37,38)26-16-22-10-8-20-6-5-7-21-9-11-23(17-26)28(22)27(20)21/h5-19,33H,1-4H3,(H,31,36)(H,32,35)/t18-,19-/m0/s1. The molecule has 0 fully saturated rings. The molecule has 0 unspecified atom stereocenters. The van der Waals surface area contributed by atoms with Crippen molar-refractivity contribution in [1.82, 2.24) is 10.0 Å². The van der Waals surface area contributed by atoms with Crippen LogP contribution >= 0.6 is 0 Å². The number of carbonyl (C=O) groups is 2. The number of sulfonamides is 1. The van der Waals surface area contributed by atoms with Crippen LogP contribution in [0.1, 0.15) is 13.8 Å². The molecule has 0 heterocycles. The number of benzene rings is 5. The highest BCUT2D eigenvalue weighted by atomic mass is 32.2. The minimum absolute atomic E-state index is 0.0694. The van der Waals surface area contributed by atoms with E-state index in [4.69, 9.17) is 0 Å². The molecule has 5 aromatic rings. The van der Waals surface area contributed by atoms with Gasteiger partial charge in [0, 0.05) is 25.5 Å². The zero-order valence-electron chi connectivity index (χ0n) is 22.1. The van der Waals surface area contributed by atoms with Gasteiger partial charge < -0.3 is 15.5 Å². The summed E-state index contributed by atoms with van der Waals surface area (Å²) < 4.78 is 29.0. The lowest BCUT2D eigenvalue weighted by Crippen LogP contribution is -2.50. The second kappa shape index (κ2) is 10.2. The number of amides is 2. The van der Waals surface area contributed by atoms with Gasteiger partial charge in [0.1, 0.15) is 6.04 Å². The van der Waals surface area contributed by atoms with E-state index in [0.29, 0.717) is 5.69 Å². The molecule has 2 atom stereocenters. The van der Waals surface area contributed by atoms with Crippen LogP contribution < -0.4 is 20.3 Å². The van der Waals surface area contributed by atoms with Crippen molar-refractivity contribution in [1.29, 1.82) is 0 Å². The summed E-state index contributed by atoms with van der Waals surface area (Å²) in [7, 11) is -0.184. The van der Waals surface area contributed by atoms with Crippen LogP contribution in [0, 0.1) is 0 Å². The van der Waals surface area contributed by atoms with Gasteiger partial charge in [-0.2, -0.15) is 4.72 Å². The first kappa shape index (κ1) is 26.4. The van der Waals surface area contributed by atoms with Crippen molar-refractivity contribution in [2.45, 2.75) is 30.8 Å². The fraction of sp³-hybridized carbons (Fsp3) is 0.200. The topological polar surface area (TPSA) is 108 Å². The van der Waals surface area contributed by atoms with Gasteiger partial charge in [-0.3, -0.25) is 9.59 Å². The van der Waals surface area contributed by atoms with Crippen LogP contribution in [0.3, 0.4) is 0 Å². The number of rotatable bonds is 8. The molecule has 0 spiro atoms. The Hall–Kier alpha value is -4.21. The minimum Gasteiger partial charge on any atom is -0.378 e. The van der Waals surface area contributed by atoms with Crippen molar-refractivity contribution in [2.24, 2.45) is 0 Å². The second-order valence-corrected chi connectivity index (χ2v) is 11.7. The van der Waals surface area contributed by atoms with E-state index in [1.165, 1.54) is 6.92 Å². The van der Waals surface area contributed by atoms with Crippen molar-refractivity contribution in [3.05, 3.63) is 78.9 Å². The smallest absolute Gasteiger partial charge is 0.246 e. The van der Waals surface area contributed by atoms with Gasteiger partial charge in [0.25, 0.3) is 0 Å². The molecular weight excluding hydrogens is 512 g/mol. The maximum atomic E-state index is 13.3. The summed E-state index contributed by atoms with van der Waals surface area (Å²) in [4.78, 5) is 27.4. The molecule has 5 aromatic carbocycles. The summed E-state index contributed by atoms with van der Waals surface area (Å²) in [6.07, 6.45) is 0. The van der Waals surface area contributed by atoms with Gasteiger partial charge >= 0.3 is 0 Å². The maximum absolute atomic E-state index is 13.3. The summed E-state index contributed by atoms with van der Waals surface area (Å²) in [5, 5.41) is 11.2. The quantitative estimate of drug-likeness (QED) is 0.251. The third-order valence-electron chi connectivity index (χ3n) is 6.88. The summed E-state index contributed by atoms with van der Waals surface area (Å²) >= 11 is 0. The molecule has 2 amide bonds. The molecule has 0 aliphatic heterocycles. The first-order chi connectivity index (χ1) is 18.5. The lowest BCUT2D eigenvalue weighted by atomic mass is 9.94. The number of hydrogen-bond acceptors (Lipinski definition) is 5. The van der Waals surface area contributed by atoms with Gasteiger partial charge in [-0.05, 0) is 82.6 Å². The lowest BCUT2D eigenvalue weighted by molar-refractivity contribution is -0.127. The van der Waals surface area contributed by atoms with Crippen LogP contribution in [0.4, 0.5) is 11.4 Å². The first-order valence-electron chi connectivity index (χ1n) is 12.6. The summed E-state index contributed by atoms with van der Waals surface area (Å²) in [6, 6.07) is 22.4. The molecule has 0 bridgehead atoms. The van der Waals surface area contributed by atoms with E-state index in [0.717, 1.165) is 38.0 Å². The number of nitrogens with zero attached hydrogens (tertiary/aromatic N) is 1. The predicted molar refractivity (Wildman–Crippen MR) is 157 cm³/mol. The third kappa shape index (κ3) is 5.23. The van der Waals surface area contributed by atoms with Gasteiger partial charge in [0.15, 0.2) is 0 Å². The van der Waals surface area contributed by atoms with Crippen LogP contribution in [-0.2, 0) is 19.6 Å². The first-order valence-corrected chi connectivity index (χ1v) is 14.1. The van der Waals surface area contributed by atoms with Crippen molar-refractivity contribution < 1.29 is 18.0 Å². The molecule has 200 valence electrons. The Morgan fingerprint density at radius 1 is 0.718 bits per heavy atom. The van der Waals surface area contributed by atoms with Crippen LogP contribution in [-0.4, -0.2) is 46.4 Å². The van der Waals surface area contributed by atoms with E-state index in [2.05, 4.69) is 15.4 Å². The molecule has 39 heavy (non-hydrogen) atoms. The molecule has 8 nitrogen and oxygen atoms in total. The van der Waals surface area contributed by atoms with Crippen molar-refractivity contribution in [3.8, 4) is 0 Å². The van der Waals surface area contributed by atoms with Crippen LogP contribution in [0.2, 0.25) is 0 Å². The van der Waals surface area contributed by atoms with Crippen LogP contribution in [0.25, 0.3) is 32.3 Å². The summed E-state index contributed by atoms with van der Waals surface area (Å²) in [5.74, 6) is -1.02. The van der Waals surface area contributed by atoms with E-state index in [9.17, 15) is 18.0 Å². The van der Waals surface area contributed by atoms with Gasteiger partial charge in [0.05, 0.1) is 10.9 Å². The van der Waals surface area contributed by atoms with E-state index in [1.807, 2.05) is 73.6 Å². The molecule has 0 aliphatic carbocycles. The fourth-order valence-electron chi connectivity index (χ4n) is 4.73. The van der Waals surface area contributed by atoms with E-state index < -0.39 is 33.9 Å². The van der Waals surface area contributed by atoms with Crippen molar-refractivity contribution in [2.75, 3.05) is 24.3 Å². The molecular formula is C30H30N4O4S. The van der Waals surface area contributed by atoms with Crippen LogP contribution in [0.5, 0.6) is 0 Å². The average molecular weight is 543 g/mol. The van der Waals surface area contributed by atoms with Crippen molar-refractivity contribution >= 4 is 65.5 Å². The molecule has 3 N–H and O–H groups in total. The fourth-order valence-corrected chi connectivity index (χ4v) is 6.00. The molecule has 0 aromatic heterocycles. The van der Waals surface area contributed by atoms with Gasteiger partial charge in [-0.15, -0.1) is 0 Å². The summed E-state index contributed by atoms with van der Waals surface area (Å²) in [6.45, 7) is 2.99. The number of hydrogen-bond donors (Lipinski definition) is 3. The normalized spacial score (nSPS) is 13.4. The molecule has 0 aliphatic rings.